The monoisotopic (exact) mass is 458 g/mol. The van der Waals surface area contributed by atoms with Crippen LogP contribution >= 0.6 is 23.2 Å². The Bertz CT molecular complexity index is 1080. The van der Waals surface area contributed by atoms with Gasteiger partial charge in [-0.3, -0.25) is 9.59 Å². The lowest BCUT2D eigenvalue weighted by molar-refractivity contribution is -0.121. The highest BCUT2D eigenvalue weighted by atomic mass is 35.5. The molecule has 1 fully saturated rings. The Hall–Kier alpha value is -2.34. The number of morpholine rings is 1. The highest BCUT2D eigenvalue weighted by Crippen LogP contribution is 2.38. The van der Waals surface area contributed by atoms with Crippen LogP contribution in [-0.2, 0) is 14.3 Å². The Labute approximate surface area is 192 Å². The Kier molecular flexibility index (Phi) is 5.86. The predicted octanol–water partition coefficient (Wildman–Crippen LogP) is 5.00. The van der Waals surface area contributed by atoms with Crippen molar-refractivity contribution in [3.8, 4) is 0 Å². The zero-order valence-electron chi connectivity index (χ0n) is 17.9. The number of hydrogen-bond acceptors (Lipinski definition) is 4. The number of benzene rings is 2. The van der Waals surface area contributed by atoms with Crippen molar-refractivity contribution >= 4 is 46.3 Å². The number of carbonyl (C=O) groups excluding carboxylic acids is 2. The van der Waals surface area contributed by atoms with E-state index in [9.17, 15) is 9.59 Å². The topological polar surface area (TPSA) is 49.9 Å². The fourth-order valence-corrected chi connectivity index (χ4v) is 4.93. The first-order chi connectivity index (χ1) is 14.7. The van der Waals surface area contributed by atoms with E-state index in [1.54, 1.807) is 18.2 Å². The molecule has 2 aromatic carbocycles. The van der Waals surface area contributed by atoms with Gasteiger partial charge in [0.25, 0.3) is 11.8 Å². The van der Waals surface area contributed by atoms with E-state index in [2.05, 4.69) is 0 Å². The van der Waals surface area contributed by atoms with Crippen LogP contribution in [0.15, 0.2) is 42.1 Å². The van der Waals surface area contributed by atoms with Gasteiger partial charge in [0.15, 0.2) is 0 Å². The second-order valence-electron chi connectivity index (χ2n) is 8.28. The van der Waals surface area contributed by atoms with Crippen molar-refractivity contribution in [3.63, 3.8) is 0 Å². The van der Waals surface area contributed by atoms with E-state index in [1.165, 1.54) is 4.90 Å². The third-order valence-corrected chi connectivity index (χ3v) is 5.99. The molecule has 0 N–H and O–H groups in total. The molecule has 2 unspecified atom stereocenters. The molecule has 2 aromatic rings. The lowest BCUT2D eigenvalue weighted by atomic mass is 9.97. The van der Waals surface area contributed by atoms with Crippen molar-refractivity contribution < 1.29 is 14.3 Å². The van der Waals surface area contributed by atoms with Crippen LogP contribution in [0.2, 0.25) is 10.0 Å². The predicted molar refractivity (Wildman–Crippen MR) is 123 cm³/mol. The summed E-state index contributed by atoms with van der Waals surface area (Å²) < 4.78 is 5.85. The summed E-state index contributed by atoms with van der Waals surface area (Å²) >= 11 is 12.3. The number of anilines is 1. The molecular formula is C24H24Cl2N2O3. The van der Waals surface area contributed by atoms with E-state index in [0.717, 1.165) is 16.7 Å². The maximum absolute atomic E-state index is 13.7. The van der Waals surface area contributed by atoms with E-state index < -0.39 is 0 Å². The fourth-order valence-electron chi connectivity index (χ4n) is 4.41. The summed E-state index contributed by atoms with van der Waals surface area (Å²) in [6.45, 7) is 8.94. The molecule has 7 heteroatoms. The van der Waals surface area contributed by atoms with Gasteiger partial charge in [-0.1, -0.05) is 47.0 Å². The number of rotatable bonds is 3. The molecule has 0 saturated carbocycles. The lowest BCUT2D eigenvalue weighted by Gasteiger charge is -2.37. The number of aryl methyl sites for hydroxylation is 2. The summed E-state index contributed by atoms with van der Waals surface area (Å²) in [5, 5.41) is 0.719. The van der Waals surface area contributed by atoms with Gasteiger partial charge in [-0.05, 0) is 57.0 Å². The molecular weight excluding hydrogens is 435 g/mol. The van der Waals surface area contributed by atoms with Crippen molar-refractivity contribution in [1.29, 1.82) is 0 Å². The SMILES string of the molecule is Cc1ccc(C2=C(N3CC(C)OC(C)C3)C(=O)N(c3cc(Cl)cc(Cl)c3)C2=O)c(C)c1. The maximum atomic E-state index is 13.7. The van der Waals surface area contributed by atoms with E-state index in [4.69, 9.17) is 27.9 Å². The van der Waals surface area contributed by atoms with Crippen LogP contribution in [0.1, 0.15) is 30.5 Å². The number of halogens is 2. The Morgan fingerprint density at radius 3 is 2.10 bits per heavy atom. The zero-order chi connectivity index (χ0) is 22.4. The molecule has 0 aliphatic carbocycles. The highest BCUT2D eigenvalue weighted by molar-refractivity contribution is 6.46. The number of ether oxygens (including phenoxy) is 1. The van der Waals surface area contributed by atoms with Gasteiger partial charge in [0.1, 0.15) is 5.70 Å². The molecule has 5 nitrogen and oxygen atoms in total. The fraction of sp³-hybridized carbons (Fsp3) is 0.333. The number of carbonyl (C=O) groups is 2. The van der Waals surface area contributed by atoms with Gasteiger partial charge in [-0.2, -0.15) is 0 Å². The number of hydrogen-bond donors (Lipinski definition) is 0. The first kappa shape index (κ1) is 21.9. The average Bonchev–Trinajstić information content (AvgIpc) is 2.90. The van der Waals surface area contributed by atoms with Crippen molar-refractivity contribution in [1.82, 2.24) is 4.90 Å². The van der Waals surface area contributed by atoms with E-state index in [0.29, 0.717) is 40.1 Å². The molecule has 2 heterocycles. The van der Waals surface area contributed by atoms with Crippen LogP contribution in [0.5, 0.6) is 0 Å². The lowest BCUT2D eigenvalue weighted by Crippen LogP contribution is -2.47. The second kappa shape index (κ2) is 8.30. The molecule has 4 rings (SSSR count). The summed E-state index contributed by atoms with van der Waals surface area (Å²) in [5.41, 5.74) is 3.94. The van der Waals surface area contributed by atoms with Crippen molar-refractivity contribution in [2.24, 2.45) is 0 Å². The van der Waals surface area contributed by atoms with Gasteiger partial charge in [-0.15, -0.1) is 0 Å². The Balaban J connectivity index is 1.89. The van der Waals surface area contributed by atoms with Crippen LogP contribution in [0.4, 0.5) is 5.69 Å². The van der Waals surface area contributed by atoms with E-state index >= 15 is 0 Å². The molecule has 31 heavy (non-hydrogen) atoms. The maximum Gasteiger partial charge on any atom is 0.282 e. The van der Waals surface area contributed by atoms with Crippen LogP contribution in [0.25, 0.3) is 5.57 Å². The molecule has 1 saturated heterocycles. The van der Waals surface area contributed by atoms with Crippen LogP contribution in [0, 0.1) is 13.8 Å². The first-order valence-corrected chi connectivity index (χ1v) is 11.0. The molecule has 2 aliphatic rings. The van der Waals surface area contributed by atoms with Crippen molar-refractivity contribution in [2.45, 2.75) is 39.9 Å². The number of amides is 2. The van der Waals surface area contributed by atoms with Gasteiger partial charge in [0.2, 0.25) is 0 Å². The van der Waals surface area contributed by atoms with Crippen LogP contribution in [0.3, 0.4) is 0 Å². The van der Waals surface area contributed by atoms with Gasteiger partial charge in [-0.25, -0.2) is 4.90 Å². The minimum absolute atomic E-state index is 0.0609. The van der Waals surface area contributed by atoms with Gasteiger partial charge >= 0.3 is 0 Å². The minimum Gasteiger partial charge on any atom is -0.372 e. The summed E-state index contributed by atoms with van der Waals surface area (Å²) in [7, 11) is 0. The molecule has 2 aliphatic heterocycles. The van der Waals surface area contributed by atoms with Gasteiger partial charge in [0.05, 0.1) is 23.5 Å². The third-order valence-electron chi connectivity index (χ3n) is 5.55. The standard InChI is InChI=1S/C24H24Cl2N2O3/c1-13-5-6-20(14(2)7-13)21-22(27-11-15(3)31-16(4)12-27)24(30)28(23(21)29)19-9-17(25)8-18(26)10-19/h5-10,15-16H,11-12H2,1-4H3. The third kappa shape index (κ3) is 4.10. The van der Waals surface area contributed by atoms with Crippen molar-refractivity contribution in [2.75, 3.05) is 18.0 Å². The summed E-state index contributed by atoms with van der Waals surface area (Å²) in [6.07, 6.45) is -0.122. The Morgan fingerprint density at radius 2 is 1.52 bits per heavy atom. The quantitative estimate of drug-likeness (QED) is 0.606. The van der Waals surface area contributed by atoms with Gasteiger partial charge < -0.3 is 9.64 Å². The smallest absolute Gasteiger partial charge is 0.282 e. The zero-order valence-corrected chi connectivity index (χ0v) is 19.4. The normalized spacial score (nSPS) is 22.0. The Morgan fingerprint density at radius 1 is 0.903 bits per heavy atom. The van der Waals surface area contributed by atoms with E-state index in [-0.39, 0.29) is 24.0 Å². The average molecular weight is 459 g/mol. The molecule has 162 valence electrons. The second-order valence-corrected chi connectivity index (χ2v) is 9.15. The molecule has 0 aromatic heterocycles. The van der Waals surface area contributed by atoms with Crippen molar-refractivity contribution in [3.05, 3.63) is 68.8 Å². The largest absolute Gasteiger partial charge is 0.372 e. The molecule has 2 amide bonds. The van der Waals surface area contributed by atoms with Crippen LogP contribution in [-0.4, -0.2) is 42.0 Å². The summed E-state index contributed by atoms with van der Waals surface area (Å²) in [4.78, 5) is 30.5. The molecule has 2 atom stereocenters. The van der Waals surface area contributed by atoms with Crippen LogP contribution < -0.4 is 4.90 Å². The number of imide groups is 1. The summed E-state index contributed by atoms with van der Waals surface area (Å²) in [5.74, 6) is -0.753. The highest BCUT2D eigenvalue weighted by Gasteiger charge is 2.44. The molecule has 0 bridgehead atoms. The van der Waals surface area contributed by atoms with E-state index in [1.807, 2.05) is 50.8 Å². The molecule has 0 radical (unpaired) electrons. The number of nitrogens with zero attached hydrogens (tertiary/aromatic N) is 2. The molecule has 0 spiro atoms. The van der Waals surface area contributed by atoms with Gasteiger partial charge in [0, 0.05) is 23.1 Å². The summed E-state index contributed by atoms with van der Waals surface area (Å²) in [6, 6.07) is 10.6. The first-order valence-electron chi connectivity index (χ1n) is 10.2. The minimum atomic E-state index is -0.378.